The van der Waals surface area contributed by atoms with Crippen molar-refractivity contribution in [3.8, 4) is 5.75 Å². The van der Waals surface area contributed by atoms with Crippen molar-refractivity contribution in [1.82, 2.24) is 5.32 Å². The maximum Gasteiger partial charge on any atom is 0.308 e. The van der Waals surface area contributed by atoms with Crippen molar-refractivity contribution in [1.29, 1.82) is 0 Å². The number of anilines is 1. The van der Waals surface area contributed by atoms with Crippen LogP contribution in [-0.2, 0) is 19.1 Å². The van der Waals surface area contributed by atoms with Crippen LogP contribution in [0.4, 0.5) is 5.69 Å². The van der Waals surface area contributed by atoms with E-state index in [1.165, 1.54) is 0 Å². The molecule has 32 heavy (non-hydrogen) atoms. The number of amides is 2. The normalized spacial score (nSPS) is 13.7. The van der Waals surface area contributed by atoms with Gasteiger partial charge in [-0.15, -0.1) is 0 Å². The zero-order valence-corrected chi connectivity index (χ0v) is 18.8. The first kappa shape index (κ1) is 23.3. The van der Waals surface area contributed by atoms with E-state index in [-0.39, 0.29) is 43.2 Å². The van der Waals surface area contributed by atoms with E-state index in [0.717, 1.165) is 16.8 Å². The molecule has 1 N–H and O–H groups in total. The van der Waals surface area contributed by atoms with Crippen molar-refractivity contribution in [3.05, 3.63) is 59.7 Å². The van der Waals surface area contributed by atoms with Crippen LogP contribution in [0.15, 0.2) is 48.5 Å². The number of para-hydroxylation sites is 2. The summed E-state index contributed by atoms with van der Waals surface area (Å²) in [4.78, 5) is 39.3. The van der Waals surface area contributed by atoms with Gasteiger partial charge in [0.1, 0.15) is 12.4 Å². The molecule has 2 aromatic rings. The van der Waals surface area contributed by atoms with Gasteiger partial charge in [0.25, 0.3) is 0 Å². The van der Waals surface area contributed by atoms with Crippen LogP contribution in [-0.4, -0.2) is 37.0 Å². The molecule has 0 bridgehead atoms. The lowest BCUT2D eigenvalue weighted by Crippen LogP contribution is -2.38. The number of aryl methyl sites for hydroxylation is 1. The van der Waals surface area contributed by atoms with Gasteiger partial charge in [-0.25, -0.2) is 0 Å². The van der Waals surface area contributed by atoms with Crippen LogP contribution in [0.25, 0.3) is 0 Å². The molecule has 1 aliphatic rings. The summed E-state index contributed by atoms with van der Waals surface area (Å²) >= 11 is 0. The third-order valence-corrected chi connectivity index (χ3v) is 5.15. The molecule has 7 nitrogen and oxygen atoms in total. The summed E-state index contributed by atoms with van der Waals surface area (Å²) in [6.45, 7) is 6.41. The minimum Gasteiger partial charge on any atom is -0.490 e. The SMILES string of the molecule is Cc1ccc(C(CC(=O)OC(C)C)NC(=O)CCC(=O)N2CCOc3ccccc32)cc1. The minimum atomic E-state index is -0.520. The number of rotatable bonds is 8. The summed E-state index contributed by atoms with van der Waals surface area (Å²) < 4.78 is 10.8. The van der Waals surface area contributed by atoms with Gasteiger partial charge < -0.3 is 19.7 Å². The average molecular weight is 439 g/mol. The maximum atomic E-state index is 12.8. The Hall–Kier alpha value is -3.35. The molecule has 0 saturated heterocycles. The molecule has 0 spiro atoms. The second kappa shape index (κ2) is 10.8. The number of hydrogen-bond donors (Lipinski definition) is 1. The Bertz CT molecular complexity index is 955. The fourth-order valence-electron chi connectivity index (χ4n) is 3.58. The fraction of sp³-hybridized carbons (Fsp3) is 0.400. The number of carbonyl (C=O) groups is 3. The molecular weight excluding hydrogens is 408 g/mol. The molecular formula is C25H30N2O5. The Balaban J connectivity index is 1.61. The predicted octanol–water partition coefficient (Wildman–Crippen LogP) is 3.70. The number of esters is 1. The molecule has 1 unspecified atom stereocenters. The van der Waals surface area contributed by atoms with E-state index in [4.69, 9.17) is 9.47 Å². The van der Waals surface area contributed by atoms with Crippen LogP contribution in [0.1, 0.15) is 50.3 Å². The predicted molar refractivity (Wildman–Crippen MR) is 121 cm³/mol. The van der Waals surface area contributed by atoms with Gasteiger partial charge in [0.2, 0.25) is 11.8 Å². The molecule has 0 aromatic heterocycles. The average Bonchev–Trinajstić information content (AvgIpc) is 2.76. The quantitative estimate of drug-likeness (QED) is 0.636. The summed E-state index contributed by atoms with van der Waals surface area (Å²) in [5.74, 6) is -0.142. The van der Waals surface area contributed by atoms with Crippen molar-refractivity contribution in [3.63, 3.8) is 0 Å². The lowest BCUT2D eigenvalue weighted by molar-refractivity contribution is -0.148. The van der Waals surface area contributed by atoms with Gasteiger partial charge in [-0.2, -0.15) is 0 Å². The molecule has 170 valence electrons. The van der Waals surface area contributed by atoms with Gasteiger partial charge in [0.15, 0.2) is 0 Å². The number of benzene rings is 2. The molecule has 1 atom stereocenters. The number of hydrogen-bond acceptors (Lipinski definition) is 5. The summed E-state index contributed by atoms with van der Waals surface area (Å²) in [5.41, 5.74) is 2.62. The van der Waals surface area contributed by atoms with Gasteiger partial charge in [0.05, 0.1) is 30.8 Å². The third kappa shape index (κ3) is 6.33. The van der Waals surface area contributed by atoms with E-state index in [1.807, 2.05) is 55.5 Å². The molecule has 1 heterocycles. The highest BCUT2D eigenvalue weighted by atomic mass is 16.5. The standard InChI is InChI=1S/C25H30N2O5/c1-17(2)32-25(30)16-20(19-10-8-18(3)9-11-19)26-23(28)12-13-24(29)27-14-15-31-22-7-5-4-6-21(22)27/h4-11,17,20H,12-16H2,1-3H3,(H,26,28). The lowest BCUT2D eigenvalue weighted by atomic mass is 10.0. The van der Waals surface area contributed by atoms with Gasteiger partial charge >= 0.3 is 5.97 Å². The van der Waals surface area contributed by atoms with Crippen molar-refractivity contribution in [2.24, 2.45) is 0 Å². The molecule has 0 fully saturated rings. The Morgan fingerprint density at radius 3 is 2.50 bits per heavy atom. The summed E-state index contributed by atoms with van der Waals surface area (Å²) in [6, 6.07) is 14.5. The third-order valence-electron chi connectivity index (χ3n) is 5.15. The second-order valence-electron chi connectivity index (χ2n) is 8.14. The fourth-order valence-corrected chi connectivity index (χ4v) is 3.58. The molecule has 7 heteroatoms. The molecule has 0 aliphatic carbocycles. The van der Waals surface area contributed by atoms with Crippen molar-refractivity contribution in [2.45, 2.75) is 52.2 Å². The van der Waals surface area contributed by atoms with Crippen LogP contribution in [0.5, 0.6) is 5.75 Å². The van der Waals surface area contributed by atoms with E-state index in [0.29, 0.717) is 18.9 Å². The maximum absolute atomic E-state index is 12.8. The molecule has 1 aliphatic heterocycles. The van der Waals surface area contributed by atoms with Crippen LogP contribution >= 0.6 is 0 Å². The number of fused-ring (bicyclic) bond motifs is 1. The molecule has 2 aromatic carbocycles. The number of nitrogens with one attached hydrogen (secondary N) is 1. The van der Waals surface area contributed by atoms with E-state index >= 15 is 0 Å². The highest BCUT2D eigenvalue weighted by molar-refractivity contribution is 5.97. The van der Waals surface area contributed by atoms with E-state index < -0.39 is 6.04 Å². The van der Waals surface area contributed by atoms with Crippen molar-refractivity contribution < 1.29 is 23.9 Å². The van der Waals surface area contributed by atoms with Crippen LogP contribution in [0.2, 0.25) is 0 Å². The molecule has 2 amide bonds. The van der Waals surface area contributed by atoms with Crippen LogP contribution < -0.4 is 15.0 Å². The van der Waals surface area contributed by atoms with Crippen molar-refractivity contribution >= 4 is 23.5 Å². The summed E-state index contributed by atoms with van der Waals surface area (Å²) in [5, 5.41) is 2.90. The first-order chi connectivity index (χ1) is 15.3. The largest absolute Gasteiger partial charge is 0.490 e. The van der Waals surface area contributed by atoms with Gasteiger partial charge in [0, 0.05) is 12.8 Å². The topological polar surface area (TPSA) is 84.9 Å². The van der Waals surface area contributed by atoms with Crippen molar-refractivity contribution in [2.75, 3.05) is 18.1 Å². The van der Waals surface area contributed by atoms with Crippen LogP contribution in [0.3, 0.4) is 0 Å². The summed E-state index contributed by atoms with van der Waals surface area (Å²) in [6.07, 6.45) is -0.111. The zero-order chi connectivity index (χ0) is 23.1. The van der Waals surface area contributed by atoms with E-state index in [1.54, 1.807) is 18.7 Å². The first-order valence-corrected chi connectivity index (χ1v) is 10.9. The Morgan fingerprint density at radius 1 is 1.06 bits per heavy atom. The molecule has 0 radical (unpaired) electrons. The van der Waals surface area contributed by atoms with E-state index in [9.17, 15) is 14.4 Å². The van der Waals surface area contributed by atoms with Gasteiger partial charge in [-0.05, 0) is 38.5 Å². The van der Waals surface area contributed by atoms with Gasteiger partial charge in [-0.3, -0.25) is 14.4 Å². The monoisotopic (exact) mass is 438 g/mol. The number of nitrogens with zero attached hydrogens (tertiary/aromatic N) is 1. The van der Waals surface area contributed by atoms with Crippen LogP contribution in [0, 0.1) is 6.92 Å². The minimum absolute atomic E-state index is 0.0256. The zero-order valence-electron chi connectivity index (χ0n) is 18.8. The van der Waals surface area contributed by atoms with E-state index in [2.05, 4.69) is 5.32 Å². The number of ether oxygens (including phenoxy) is 2. The second-order valence-corrected chi connectivity index (χ2v) is 8.14. The first-order valence-electron chi connectivity index (χ1n) is 10.9. The Labute approximate surface area is 188 Å². The highest BCUT2D eigenvalue weighted by Crippen LogP contribution is 2.31. The Morgan fingerprint density at radius 2 is 1.78 bits per heavy atom. The lowest BCUT2D eigenvalue weighted by Gasteiger charge is -2.29. The smallest absolute Gasteiger partial charge is 0.308 e. The number of carbonyl (C=O) groups excluding carboxylic acids is 3. The molecule has 3 rings (SSSR count). The summed E-state index contributed by atoms with van der Waals surface area (Å²) in [7, 11) is 0. The highest BCUT2D eigenvalue weighted by Gasteiger charge is 2.25. The Kier molecular flexibility index (Phi) is 7.87. The molecule has 0 saturated carbocycles. The van der Waals surface area contributed by atoms with Gasteiger partial charge in [-0.1, -0.05) is 42.0 Å².